The number of aryl methyl sites for hydroxylation is 1. The molecule has 0 spiro atoms. The van der Waals surface area contributed by atoms with Crippen LogP contribution in [0.5, 0.6) is 0 Å². The molecule has 0 unspecified atom stereocenters. The van der Waals surface area contributed by atoms with Crippen molar-refractivity contribution in [1.29, 1.82) is 0 Å². The number of aromatic nitrogens is 2. The zero-order valence-electron chi connectivity index (χ0n) is 14.8. The van der Waals surface area contributed by atoms with Crippen LogP contribution >= 0.6 is 0 Å². The highest BCUT2D eigenvalue weighted by Crippen LogP contribution is 2.35. The predicted octanol–water partition coefficient (Wildman–Crippen LogP) is 2.89. The van der Waals surface area contributed by atoms with Crippen LogP contribution in [0, 0.1) is 12.8 Å². The molecule has 2 aliphatic rings. The third-order valence-corrected chi connectivity index (χ3v) is 5.90. The topological polar surface area (TPSA) is 55.2 Å². The minimum absolute atomic E-state index is 0.0425. The van der Waals surface area contributed by atoms with E-state index in [9.17, 15) is 9.59 Å². The van der Waals surface area contributed by atoms with Gasteiger partial charge in [-0.3, -0.25) is 9.59 Å². The number of likely N-dealkylation sites (tertiary alicyclic amines) is 1. The average molecular weight is 339 g/mol. The zero-order chi connectivity index (χ0) is 17.4. The quantitative estimate of drug-likeness (QED) is 0.845. The fraction of sp³-hybridized carbons (Fsp3) is 0.550. The molecule has 1 amide bonds. The summed E-state index contributed by atoms with van der Waals surface area (Å²) < 4.78 is 1.35. The minimum atomic E-state index is -0.174. The van der Waals surface area contributed by atoms with E-state index in [4.69, 9.17) is 0 Å². The Morgan fingerprint density at radius 1 is 1.12 bits per heavy atom. The van der Waals surface area contributed by atoms with Gasteiger partial charge in [-0.05, 0) is 44.6 Å². The number of amides is 1. The van der Waals surface area contributed by atoms with Gasteiger partial charge < -0.3 is 4.90 Å². The summed E-state index contributed by atoms with van der Waals surface area (Å²) >= 11 is 0. The third-order valence-electron chi connectivity index (χ3n) is 5.90. The average Bonchev–Trinajstić information content (AvgIpc) is 2.65. The molecule has 132 valence electrons. The van der Waals surface area contributed by atoms with Crippen molar-refractivity contribution in [3.8, 4) is 0 Å². The summed E-state index contributed by atoms with van der Waals surface area (Å²) in [6.45, 7) is 2.76. The van der Waals surface area contributed by atoms with Crippen molar-refractivity contribution in [2.75, 3.05) is 6.54 Å². The number of rotatable bonds is 2. The lowest BCUT2D eigenvalue weighted by molar-refractivity contribution is -0.138. The molecule has 4 rings (SSSR count). The van der Waals surface area contributed by atoms with Gasteiger partial charge >= 0.3 is 0 Å². The number of hydrogen-bond acceptors (Lipinski definition) is 3. The fourth-order valence-corrected chi connectivity index (χ4v) is 4.67. The predicted molar refractivity (Wildman–Crippen MR) is 97.4 cm³/mol. The first kappa shape index (κ1) is 16.3. The number of benzene rings is 1. The van der Waals surface area contributed by atoms with Crippen LogP contribution in [0.4, 0.5) is 0 Å². The summed E-state index contributed by atoms with van der Waals surface area (Å²) in [6, 6.07) is 7.84. The van der Waals surface area contributed by atoms with E-state index in [-0.39, 0.29) is 18.0 Å². The second kappa shape index (κ2) is 6.62. The first-order chi connectivity index (χ1) is 12.1. The van der Waals surface area contributed by atoms with Gasteiger partial charge in [0.25, 0.3) is 5.56 Å². The van der Waals surface area contributed by atoms with Crippen molar-refractivity contribution in [1.82, 2.24) is 14.7 Å². The molecule has 5 nitrogen and oxygen atoms in total. The molecule has 1 saturated carbocycles. The van der Waals surface area contributed by atoms with Gasteiger partial charge in [-0.15, -0.1) is 0 Å². The summed E-state index contributed by atoms with van der Waals surface area (Å²) in [5.74, 6) is 0.690. The van der Waals surface area contributed by atoms with Crippen molar-refractivity contribution in [2.24, 2.45) is 5.92 Å². The maximum Gasteiger partial charge on any atom is 0.275 e. The smallest absolute Gasteiger partial charge is 0.275 e. The van der Waals surface area contributed by atoms with Crippen LogP contribution in [0.3, 0.4) is 0 Å². The van der Waals surface area contributed by atoms with Crippen molar-refractivity contribution in [3.63, 3.8) is 0 Å². The number of nitrogens with zero attached hydrogens (tertiary/aromatic N) is 3. The summed E-state index contributed by atoms with van der Waals surface area (Å²) in [4.78, 5) is 27.7. The number of carbonyl (C=O) groups is 1. The normalized spacial score (nSPS) is 23.5. The molecule has 1 aromatic carbocycles. The molecule has 2 atom stereocenters. The SMILES string of the molecule is Cc1nn(CC(=O)N2CCC[C@H]3CCCC[C@H]32)c(=O)c2ccccc12. The van der Waals surface area contributed by atoms with E-state index in [1.165, 1.54) is 30.4 Å². The molecule has 2 fully saturated rings. The fourth-order valence-electron chi connectivity index (χ4n) is 4.67. The maximum atomic E-state index is 12.9. The van der Waals surface area contributed by atoms with Crippen molar-refractivity contribution in [3.05, 3.63) is 40.3 Å². The lowest BCUT2D eigenvalue weighted by Crippen LogP contribution is -2.51. The highest BCUT2D eigenvalue weighted by molar-refractivity contribution is 5.83. The van der Waals surface area contributed by atoms with Gasteiger partial charge in [0.15, 0.2) is 0 Å². The first-order valence-corrected chi connectivity index (χ1v) is 9.41. The maximum absolute atomic E-state index is 12.9. The van der Waals surface area contributed by atoms with E-state index >= 15 is 0 Å². The van der Waals surface area contributed by atoms with Crippen LogP contribution < -0.4 is 5.56 Å². The number of hydrogen-bond donors (Lipinski definition) is 0. The monoisotopic (exact) mass is 339 g/mol. The van der Waals surface area contributed by atoms with Crippen molar-refractivity contribution >= 4 is 16.7 Å². The Morgan fingerprint density at radius 3 is 2.68 bits per heavy atom. The van der Waals surface area contributed by atoms with Gasteiger partial charge in [-0.1, -0.05) is 31.0 Å². The van der Waals surface area contributed by atoms with Crippen LogP contribution in [-0.4, -0.2) is 33.2 Å². The lowest BCUT2D eigenvalue weighted by atomic mass is 9.78. The Hall–Kier alpha value is -2.17. The van der Waals surface area contributed by atoms with Gasteiger partial charge in [0, 0.05) is 18.0 Å². The minimum Gasteiger partial charge on any atom is -0.338 e. The Bertz CT molecular complexity index is 856. The first-order valence-electron chi connectivity index (χ1n) is 9.41. The Kier molecular flexibility index (Phi) is 4.32. The van der Waals surface area contributed by atoms with Gasteiger partial charge in [0.2, 0.25) is 5.91 Å². The zero-order valence-corrected chi connectivity index (χ0v) is 14.8. The van der Waals surface area contributed by atoms with Crippen LogP contribution in [0.1, 0.15) is 44.2 Å². The molecule has 1 aliphatic carbocycles. The van der Waals surface area contributed by atoms with E-state index in [0.29, 0.717) is 17.3 Å². The van der Waals surface area contributed by atoms with Gasteiger partial charge in [-0.2, -0.15) is 5.10 Å². The summed E-state index contributed by atoms with van der Waals surface area (Å²) in [7, 11) is 0. The summed E-state index contributed by atoms with van der Waals surface area (Å²) in [6.07, 6.45) is 7.15. The molecule has 0 N–H and O–H groups in total. The van der Waals surface area contributed by atoms with E-state index in [0.717, 1.165) is 30.5 Å². The molecule has 0 bridgehead atoms. The Labute approximate surface area is 147 Å². The van der Waals surface area contributed by atoms with Crippen LogP contribution in [0.25, 0.3) is 10.8 Å². The second-order valence-electron chi connectivity index (χ2n) is 7.44. The molecular weight excluding hydrogens is 314 g/mol. The highest BCUT2D eigenvalue weighted by Gasteiger charge is 2.35. The molecule has 5 heteroatoms. The Morgan fingerprint density at radius 2 is 1.84 bits per heavy atom. The van der Waals surface area contributed by atoms with Gasteiger partial charge in [0.05, 0.1) is 11.1 Å². The van der Waals surface area contributed by atoms with E-state index < -0.39 is 0 Å². The van der Waals surface area contributed by atoms with E-state index in [1.54, 1.807) is 0 Å². The lowest BCUT2D eigenvalue weighted by Gasteiger charge is -2.44. The highest BCUT2D eigenvalue weighted by atomic mass is 16.2. The third kappa shape index (κ3) is 2.96. The van der Waals surface area contributed by atoms with Crippen LogP contribution in [0.15, 0.2) is 29.1 Å². The molecule has 2 aromatic rings. The van der Waals surface area contributed by atoms with Gasteiger partial charge in [0.1, 0.15) is 6.54 Å². The number of carbonyl (C=O) groups excluding carboxylic acids is 1. The molecule has 0 radical (unpaired) electrons. The summed E-state index contributed by atoms with van der Waals surface area (Å²) in [5, 5.41) is 5.89. The molecule has 1 aromatic heterocycles. The number of fused-ring (bicyclic) bond motifs is 2. The van der Waals surface area contributed by atoms with E-state index in [2.05, 4.69) is 5.10 Å². The van der Waals surface area contributed by atoms with Crippen molar-refractivity contribution in [2.45, 2.75) is 58.0 Å². The largest absolute Gasteiger partial charge is 0.338 e. The molecule has 1 saturated heterocycles. The van der Waals surface area contributed by atoms with Crippen LogP contribution in [0.2, 0.25) is 0 Å². The second-order valence-corrected chi connectivity index (χ2v) is 7.44. The van der Waals surface area contributed by atoms with E-state index in [1.807, 2.05) is 36.1 Å². The van der Waals surface area contributed by atoms with Gasteiger partial charge in [-0.25, -0.2) is 4.68 Å². The molecule has 25 heavy (non-hydrogen) atoms. The molecule has 2 heterocycles. The van der Waals surface area contributed by atoms with Crippen molar-refractivity contribution < 1.29 is 4.79 Å². The molecule has 1 aliphatic heterocycles. The summed E-state index contributed by atoms with van der Waals surface area (Å²) in [5.41, 5.74) is 0.615. The standard InChI is InChI=1S/C20H25N3O2/c1-14-16-9-3-4-10-17(16)20(25)23(21-14)13-19(24)22-12-6-8-15-7-2-5-11-18(15)22/h3-4,9-10,15,18H,2,5-8,11-13H2,1H3/t15-,18-/m1/s1. The Balaban J connectivity index is 1.61. The molecular formula is C20H25N3O2. The van der Waals surface area contributed by atoms with Crippen LogP contribution in [-0.2, 0) is 11.3 Å². The number of piperidine rings is 1.